The Labute approximate surface area is 89.3 Å². The summed E-state index contributed by atoms with van der Waals surface area (Å²) in [7, 11) is 0. The largest absolute Gasteiger partial charge is 0.373 e. The lowest BCUT2D eigenvalue weighted by molar-refractivity contribution is 0.0792. The van der Waals surface area contributed by atoms with Gasteiger partial charge >= 0.3 is 0 Å². The molecule has 1 heterocycles. The fourth-order valence-corrected chi connectivity index (χ4v) is 1.82. The molecule has 0 aliphatic carbocycles. The van der Waals surface area contributed by atoms with E-state index in [1.165, 1.54) is 5.56 Å². The van der Waals surface area contributed by atoms with Crippen molar-refractivity contribution in [2.24, 2.45) is 0 Å². The normalized spacial score (nSPS) is 21.8. The smallest absolute Gasteiger partial charge is 0.0810 e. The summed E-state index contributed by atoms with van der Waals surface area (Å²) in [6, 6.07) is 10.3. The SMILES string of the molecule is ClC1=C[C@H](Cc2ccccc2)OCC1. The molecule has 0 radical (unpaired) electrons. The van der Waals surface area contributed by atoms with Crippen molar-refractivity contribution in [3.8, 4) is 0 Å². The minimum absolute atomic E-state index is 0.152. The zero-order chi connectivity index (χ0) is 9.80. The third kappa shape index (κ3) is 2.60. The van der Waals surface area contributed by atoms with Gasteiger partial charge in [0.05, 0.1) is 12.7 Å². The van der Waals surface area contributed by atoms with Gasteiger partial charge in [0.25, 0.3) is 0 Å². The fraction of sp³-hybridized carbons (Fsp3) is 0.333. The van der Waals surface area contributed by atoms with Crippen LogP contribution in [0.5, 0.6) is 0 Å². The van der Waals surface area contributed by atoms with Gasteiger partial charge in [-0.05, 0) is 11.6 Å². The van der Waals surface area contributed by atoms with E-state index in [1.54, 1.807) is 0 Å². The molecule has 2 heteroatoms. The monoisotopic (exact) mass is 208 g/mol. The van der Waals surface area contributed by atoms with Gasteiger partial charge in [-0.2, -0.15) is 0 Å². The van der Waals surface area contributed by atoms with E-state index >= 15 is 0 Å². The molecule has 0 spiro atoms. The Bertz CT molecular complexity index is 318. The van der Waals surface area contributed by atoms with E-state index in [9.17, 15) is 0 Å². The Balaban J connectivity index is 2.01. The first-order valence-corrected chi connectivity index (χ1v) is 5.24. The van der Waals surface area contributed by atoms with Crippen molar-refractivity contribution < 1.29 is 4.74 Å². The van der Waals surface area contributed by atoms with Crippen LogP contribution in [-0.2, 0) is 11.2 Å². The molecule has 1 aromatic carbocycles. The average molecular weight is 209 g/mol. The van der Waals surface area contributed by atoms with E-state index in [-0.39, 0.29) is 6.10 Å². The van der Waals surface area contributed by atoms with Crippen LogP contribution in [0.4, 0.5) is 0 Å². The highest BCUT2D eigenvalue weighted by Gasteiger charge is 2.12. The molecule has 74 valence electrons. The zero-order valence-corrected chi connectivity index (χ0v) is 8.70. The van der Waals surface area contributed by atoms with Crippen molar-refractivity contribution in [2.45, 2.75) is 18.9 Å². The maximum absolute atomic E-state index is 5.96. The minimum atomic E-state index is 0.152. The van der Waals surface area contributed by atoms with E-state index in [2.05, 4.69) is 12.1 Å². The van der Waals surface area contributed by atoms with Crippen LogP contribution < -0.4 is 0 Å². The van der Waals surface area contributed by atoms with Gasteiger partial charge in [-0.25, -0.2) is 0 Å². The quantitative estimate of drug-likeness (QED) is 0.726. The molecule has 14 heavy (non-hydrogen) atoms. The van der Waals surface area contributed by atoms with Crippen molar-refractivity contribution in [1.82, 2.24) is 0 Å². The van der Waals surface area contributed by atoms with Gasteiger partial charge in [0.15, 0.2) is 0 Å². The standard InChI is InChI=1S/C12H13ClO/c13-11-6-7-14-12(9-11)8-10-4-2-1-3-5-10/h1-5,9,12H,6-8H2/t12-/m0/s1. The summed E-state index contributed by atoms with van der Waals surface area (Å²) in [5.74, 6) is 0. The molecule has 0 unspecified atom stereocenters. The number of ether oxygens (including phenoxy) is 1. The van der Waals surface area contributed by atoms with Crippen LogP contribution in [0.2, 0.25) is 0 Å². The number of benzene rings is 1. The van der Waals surface area contributed by atoms with Crippen LogP contribution in [0.25, 0.3) is 0 Å². The lowest BCUT2D eigenvalue weighted by Gasteiger charge is -2.19. The summed E-state index contributed by atoms with van der Waals surface area (Å²) in [6.45, 7) is 0.743. The van der Waals surface area contributed by atoms with Gasteiger partial charge < -0.3 is 4.74 Å². The second-order valence-corrected chi connectivity index (χ2v) is 3.95. The van der Waals surface area contributed by atoms with Crippen LogP contribution in [0.1, 0.15) is 12.0 Å². The number of hydrogen-bond acceptors (Lipinski definition) is 1. The van der Waals surface area contributed by atoms with Crippen LogP contribution >= 0.6 is 11.6 Å². The van der Waals surface area contributed by atoms with E-state index in [1.807, 2.05) is 24.3 Å². The summed E-state index contributed by atoms with van der Waals surface area (Å²) in [4.78, 5) is 0. The Morgan fingerprint density at radius 3 is 2.79 bits per heavy atom. The Hall–Kier alpha value is -0.790. The molecule has 1 nitrogen and oxygen atoms in total. The summed E-state index contributed by atoms with van der Waals surface area (Å²) in [5, 5.41) is 0.928. The summed E-state index contributed by atoms with van der Waals surface area (Å²) in [6.07, 6.45) is 3.93. The van der Waals surface area contributed by atoms with Gasteiger partial charge in [-0.15, -0.1) is 0 Å². The number of halogens is 1. The molecule has 0 amide bonds. The maximum atomic E-state index is 5.96. The van der Waals surface area contributed by atoms with Crippen LogP contribution in [0.15, 0.2) is 41.4 Å². The molecule has 1 aliphatic rings. The van der Waals surface area contributed by atoms with Gasteiger partial charge in [0.2, 0.25) is 0 Å². The molecule has 1 aromatic rings. The third-order valence-corrected chi connectivity index (χ3v) is 2.63. The summed E-state index contributed by atoms with van der Waals surface area (Å²) in [5.41, 5.74) is 1.29. The molecule has 1 aliphatic heterocycles. The molecule has 0 saturated heterocycles. The molecule has 0 bridgehead atoms. The second kappa shape index (κ2) is 4.63. The molecular weight excluding hydrogens is 196 g/mol. The molecule has 0 N–H and O–H groups in total. The fourth-order valence-electron chi connectivity index (χ4n) is 1.61. The first kappa shape index (κ1) is 9.75. The van der Waals surface area contributed by atoms with Crippen LogP contribution in [-0.4, -0.2) is 12.7 Å². The van der Waals surface area contributed by atoms with E-state index in [4.69, 9.17) is 16.3 Å². The number of rotatable bonds is 2. The van der Waals surface area contributed by atoms with Crippen LogP contribution in [0.3, 0.4) is 0 Å². The highest BCUT2D eigenvalue weighted by molar-refractivity contribution is 6.29. The van der Waals surface area contributed by atoms with Crippen molar-refractivity contribution in [1.29, 1.82) is 0 Å². The maximum Gasteiger partial charge on any atom is 0.0810 e. The lowest BCUT2D eigenvalue weighted by Crippen LogP contribution is -2.18. The minimum Gasteiger partial charge on any atom is -0.373 e. The van der Waals surface area contributed by atoms with E-state index < -0.39 is 0 Å². The van der Waals surface area contributed by atoms with Gasteiger partial charge in [0.1, 0.15) is 0 Å². The molecule has 1 atom stereocenters. The Morgan fingerprint density at radius 2 is 2.07 bits per heavy atom. The topological polar surface area (TPSA) is 9.23 Å². The lowest BCUT2D eigenvalue weighted by atomic mass is 10.1. The highest BCUT2D eigenvalue weighted by Crippen LogP contribution is 2.18. The van der Waals surface area contributed by atoms with Crippen molar-refractivity contribution in [3.05, 3.63) is 47.0 Å². The first-order valence-electron chi connectivity index (χ1n) is 4.86. The summed E-state index contributed by atoms with van der Waals surface area (Å²) >= 11 is 5.96. The molecule has 2 rings (SSSR count). The predicted molar refractivity (Wildman–Crippen MR) is 58.4 cm³/mol. The van der Waals surface area contributed by atoms with E-state index in [0.717, 1.165) is 24.5 Å². The summed E-state index contributed by atoms with van der Waals surface area (Å²) < 4.78 is 5.59. The van der Waals surface area contributed by atoms with Crippen molar-refractivity contribution in [2.75, 3.05) is 6.61 Å². The first-order chi connectivity index (χ1) is 6.84. The Kier molecular flexibility index (Phi) is 3.22. The zero-order valence-electron chi connectivity index (χ0n) is 7.95. The number of hydrogen-bond donors (Lipinski definition) is 0. The molecule has 0 fully saturated rings. The molecular formula is C12H13ClO. The second-order valence-electron chi connectivity index (χ2n) is 3.46. The predicted octanol–water partition coefficient (Wildman–Crippen LogP) is 3.14. The van der Waals surface area contributed by atoms with Crippen molar-refractivity contribution >= 4 is 11.6 Å². The van der Waals surface area contributed by atoms with E-state index in [0.29, 0.717) is 0 Å². The average Bonchev–Trinajstić information content (AvgIpc) is 2.19. The molecule has 0 aromatic heterocycles. The third-order valence-electron chi connectivity index (χ3n) is 2.32. The van der Waals surface area contributed by atoms with Gasteiger partial charge in [-0.3, -0.25) is 0 Å². The van der Waals surface area contributed by atoms with Crippen LogP contribution in [0, 0.1) is 0 Å². The molecule has 0 saturated carbocycles. The van der Waals surface area contributed by atoms with Gasteiger partial charge in [0, 0.05) is 17.9 Å². The van der Waals surface area contributed by atoms with Crippen molar-refractivity contribution in [3.63, 3.8) is 0 Å². The van der Waals surface area contributed by atoms with Gasteiger partial charge in [-0.1, -0.05) is 41.9 Å². The highest BCUT2D eigenvalue weighted by atomic mass is 35.5. The Morgan fingerprint density at radius 1 is 1.29 bits per heavy atom.